The Hall–Kier alpha value is -1.26. The van der Waals surface area contributed by atoms with E-state index < -0.39 is 0 Å². The highest BCUT2D eigenvalue weighted by Gasteiger charge is 2.17. The van der Waals surface area contributed by atoms with Gasteiger partial charge in [-0.3, -0.25) is 4.79 Å². The molecule has 0 aromatic heterocycles. The molecular formula is C11H23N3O2. The first kappa shape index (κ1) is 14.7. The van der Waals surface area contributed by atoms with Crippen LogP contribution in [0, 0.1) is 5.92 Å². The van der Waals surface area contributed by atoms with Gasteiger partial charge in [0.15, 0.2) is 0 Å². The van der Waals surface area contributed by atoms with Gasteiger partial charge < -0.3 is 15.8 Å². The zero-order valence-electron chi connectivity index (χ0n) is 10.6. The summed E-state index contributed by atoms with van der Waals surface area (Å²) in [6.07, 6.45) is 0.937. The number of nitrogens with zero attached hydrogens (tertiary/aromatic N) is 2. The molecule has 5 heteroatoms. The van der Waals surface area contributed by atoms with Gasteiger partial charge in [-0.05, 0) is 19.8 Å². The molecule has 0 aromatic carbocycles. The molecule has 3 N–H and O–H groups in total. The van der Waals surface area contributed by atoms with Crippen LogP contribution in [0.25, 0.3) is 0 Å². The van der Waals surface area contributed by atoms with Gasteiger partial charge in [0.1, 0.15) is 5.84 Å². The van der Waals surface area contributed by atoms with Crippen molar-refractivity contribution in [2.75, 3.05) is 6.54 Å². The van der Waals surface area contributed by atoms with Crippen molar-refractivity contribution in [3.63, 3.8) is 0 Å². The quantitative estimate of drug-likeness (QED) is 0.313. The summed E-state index contributed by atoms with van der Waals surface area (Å²) >= 11 is 0. The van der Waals surface area contributed by atoms with Gasteiger partial charge in [-0.2, -0.15) is 0 Å². The second kappa shape index (κ2) is 7.09. The molecule has 0 heterocycles. The van der Waals surface area contributed by atoms with Gasteiger partial charge in [0, 0.05) is 25.4 Å². The number of oxime groups is 1. The molecule has 0 aliphatic carbocycles. The van der Waals surface area contributed by atoms with Gasteiger partial charge in [0.05, 0.1) is 0 Å². The van der Waals surface area contributed by atoms with Gasteiger partial charge in [-0.1, -0.05) is 19.0 Å². The van der Waals surface area contributed by atoms with Crippen molar-refractivity contribution in [3.05, 3.63) is 0 Å². The van der Waals surface area contributed by atoms with E-state index in [1.165, 1.54) is 0 Å². The van der Waals surface area contributed by atoms with Crippen LogP contribution in [0.1, 0.15) is 40.5 Å². The molecule has 0 radical (unpaired) electrons. The smallest absolute Gasteiger partial charge is 0.223 e. The number of hydrogen-bond acceptors (Lipinski definition) is 3. The van der Waals surface area contributed by atoms with E-state index in [9.17, 15) is 4.79 Å². The number of amidine groups is 1. The van der Waals surface area contributed by atoms with Crippen molar-refractivity contribution in [2.24, 2.45) is 16.8 Å². The van der Waals surface area contributed by atoms with Crippen LogP contribution in [0.2, 0.25) is 0 Å². The fourth-order valence-electron chi connectivity index (χ4n) is 1.42. The predicted octanol–water partition coefficient (Wildman–Crippen LogP) is 1.41. The van der Waals surface area contributed by atoms with Crippen LogP contribution in [-0.2, 0) is 4.79 Å². The van der Waals surface area contributed by atoms with E-state index in [1.807, 2.05) is 27.7 Å². The Balaban J connectivity index is 4.33. The lowest BCUT2D eigenvalue weighted by Crippen LogP contribution is -2.39. The van der Waals surface area contributed by atoms with Crippen molar-refractivity contribution in [2.45, 2.75) is 46.6 Å². The largest absolute Gasteiger partial charge is 0.409 e. The molecule has 94 valence electrons. The Labute approximate surface area is 97.3 Å². The van der Waals surface area contributed by atoms with E-state index in [1.54, 1.807) is 4.90 Å². The molecular weight excluding hydrogens is 206 g/mol. The number of carbonyl (C=O) groups excluding carboxylic acids is 1. The molecule has 16 heavy (non-hydrogen) atoms. The topological polar surface area (TPSA) is 78.9 Å². The summed E-state index contributed by atoms with van der Waals surface area (Å²) in [5, 5.41) is 11.3. The minimum Gasteiger partial charge on any atom is -0.409 e. The lowest BCUT2D eigenvalue weighted by molar-refractivity contribution is -0.133. The molecule has 0 aromatic rings. The maximum absolute atomic E-state index is 11.9. The molecule has 0 fully saturated rings. The van der Waals surface area contributed by atoms with E-state index in [0.29, 0.717) is 25.3 Å². The molecule has 0 bridgehead atoms. The average molecular weight is 229 g/mol. The van der Waals surface area contributed by atoms with Crippen LogP contribution in [0.5, 0.6) is 0 Å². The second-order valence-electron chi connectivity index (χ2n) is 4.62. The molecule has 0 rings (SSSR count). The number of nitrogens with two attached hydrogens (primary N) is 1. The monoisotopic (exact) mass is 229 g/mol. The minimum absolute atomic E-state index is 0.121. The Morgan fingerprint density at radius 1 is 1.38 bits per heavy atom. The van der Waals surface area contributed by atoms with E-state index in [0.717, 1.165) is 0 Å². The summed E-state index contributed by atoms with van der Waals surface area (Å²) < 4.78 is 0. The maximum Gasteiger partial charge on any atom is 0.223 e. The van der Waals surface area contributed by atoms with Crippen LogP contribution in [-0.4, -0.2) is 34.4 Å². The maximum atomic E-state index is 11.9. The van der Waals surface area contributed by atoms with Crippen molar-refractivity contribution < 1.29 is 10.0 Å². The molecule has 0 saturated heterocycles. The third-order valence-electron chi connectivity index (χ3n) is 2.26. The Morgan fingerprint density at radius 2 is 1.94 bits per heavy atom. The van der Waals surface area contributed by atoms with Crippen LogP contribution in [0.4, 0.5) is 0 Å². The third kappa shape index (κ3) is 5.58. The fraction of sp³-hybridized carbons (Fsp3) is 0.818. The summed E-state index contributed by atoms with van der Waals surface area (Å²) in [5.41, 5.74) is 5.38. The van der Waals surface area contributed by atoms with E-state index in [2.05, 4.69) is 5.16 Å². The van der Waals surface area contributed by atoms with E-state index in [4.69, 9.17) is 10.9 Å². The van der Waals surface area contributed by atoms with Crippen LogP contribution >= 0.6 is 0 Å². The summed E-state index contributed by atoms with van der Waals surface area (Å²) in [7, 11) is 0. The zero-order valence-corrected chi connectivity index (χ0v) is 10.6. The zero-order chi connectivity index (χ0) is 12.7. The summed E-state index contributed by atoms with van der Waals surface area (Å²) in [4.78, 5) is 13.6. The first-order chi connectivity index (χ1) is 7.38. The molecule has 0 unspecified atom stereocenters. The second-order valence-corrected chi connectivity index (χ2v) is 4.62. The molecule has 0 saturated carbocycles. The van der Waals surface area contributed by atoms with Gasteiger partial charge >= 0.3 is 0 Å². The first-order valence-electron chi connectivity index (χ1n) is 5.64. The molecule has 1 amide bonds. The molecule has 0 atom stereocenters. The average Bonchev–Trinajstić information content (AvgIpc) is 2.15. The summed E-state index contributed by atoms with van der Waals surface area (Å²) in [5.74, 6) is 0.622. The predicted molar refractivity (Wildman–Crippen MR) is 64.3 cm³/mol. The molecule has 5 nitrogen and oxygen atoms in total. The molecule has 0 spiro atoms. The Kier molecular flexibility index (Phi) is 6.53. The van der Waals surface area contributed by atoms with Crippen LogP contribution < -0.4 is 5.73 Å². The number of rotatable bonds is 6. The van der Waals surface area contributed by atoms with Crippen molar-refractivity contribution in [3.8, 4) is 0 Å². The van der Waals surface area contributed by atoms with Crippen LogP contribution in [0.15, 0.2) is 5.16 Å². The third-order valence-corrected chi connectivity index (χ3v) is 2.26. The molecule has 0 aliphatic heterocycles. The Morgan fingerprint density at radius 3 is 2.31 bits per heavy atom. The SMILES string of the molecule is CC(C)CC(=O)N(CCC(N)=NO)C(C)C. The fourth-order valence-corrected chi connectivity index (χ4v) is 1.42. The normalized spacial score (nSPS) is 12.2. The Bertz CT molecular complexity index is 250. The number of amides is 1. The van der Waals surface area contributed by atoms with Crippen molar-refractivity contribution in [1.82, 2.24) is 4.90 Å². The van der Waals surface area contributed by atoms with E-state index in [-0.39, 0.29) is 17.8 Å². The minimum atomic E-state index is 0.121. The number of hydrogen-bond donors (Lipinski definition) is 2. The van der Waals surface area contributed by atoms with E-state index >= 15 is 0 Å². The number of carbonyl (C=O) groups is 1. The lowest BCUT2D eigenvalue weighted by Gasteiger charge is -2.27. The summed E-state index contributed by atoms with van der Waals surface area (Å²) in [6.45, 7) is 8.45. The van der Waals surface area contributed by atoms with Crippen molar-refractivity contribution >= 4 is 11.7 Å². The van der Waals surface area contributed by atoms with Gasteiger partial charge in [-0.15, -0.1) is 0 Å². The first-order valence-corrected chi connectivity index (χ1v) is 5.64. The highest BCUT2D eigenvalue weighted by molar-refractivity contribution is 5.81. The summed E-state index contributed by atoms with van der Waals surface area (Å²) in [6, 6.07) is 0.137. The van der Waals surface area contributed by atoms with Gasteiger partial charge in [0.2, 0.25) is 5.91 Å². The lowest BCUT2D eigenvalue weighted by atomic mass is 10.1. The van der Waals surface area contributed by atoms with Gasteiger partial charge in [-0.25, -0.2) is 0 Å². The van der Waals surface area contributed by atoms with Crippen molar-refractivity contribution in [1.29, 1.82) is 0 Å². The van der Waals surface area contributed by atoms with Crippen LogP contribution in [0.3, 0.4) is 0 Å². The van der Waals surface area contributed by atoms with Gasteiger partial charge in [0.25, 0.3) is 0 Å². The highest BCUT2D eigenvalue weighted by Crippen LogP contribution is 2.08. The highest BCUT2D eigenvalue weighted by atomic mass is 16.4. The standard InChI is InChI=1S/C11H23N3O2/c1-8(2)7-11(15)14(9(3)4)6-5-10(12)13-16/h8-9,16H,5-7H2,1-4H3,(H2,12,13). The molecule has 0 aliphatic rings.